The molecule has 0 bridgehead atoms. The highest BCUT2D eigenvalue weighted by Crippen LogP contribution is 2.22. The summed E-state index contributed by atoms with van der Waals surface area (Å²) < 4.78 is 17.7. The number of pyridine rings is 1. The van der Waals surface area contributed by atoms with Gasteiger partial charge in [-0.3, -0.25) is 9.78 Å². The van der Waals surface area contributed by atoms with Crippen molar-refractivity contribution >= 4 is 11.9 Å². The summed E-state index contributed by atoms with van der Waals surface area (Å²) in [5.74, 6) is -0.763. The number of fused-ring (bicyclic) bond motifs is 1. The Morgan fingerprint density at radius 2 is 2.00 bits per heavy atom. The molecule has 5 nitrogen and oxygen atoms in total. The van der Waals surface area contributed by atoms with Gasteiger partial charge >= 0.3 is 5.97 Å². The second kappa shape index (κ2) is 6.78. The standard InChI is InChI=1S/C18H17FN2O3/c1-24-18(23)16-10-20-9-13-11-21(7-6-15(13)16)17(22)8-12-2-4-14(19)5-3-12/h2-5,9-10H,6-8,11H2,1H3. The van der Waals surface area contributed by atoms with Gasteiger partial charge in [0.25, 0.3) is 0 Å². The number of hydrogen-bond acceptors (Lipinski definition) is 4. The van der Waals surface area contributed by atoms with Crippen LogP contribution >= 0.6 is 0 Å². The number of carbonyl (C=O) groups is 2. The zero-order valence-corrected chi connectivity index (χ0v) is 13.3. The summed E-state index contributed by atoms with van der Waals surface area (Å²) in [5.41, 5.74) is 2.98. The van der Waals surface area contributed by atoms with Crippen molar-refractivity contribution in [2.45, 2.75) is 19.4 Å². The topological polar surface area (TPSA) is 59.5 Å². The third kappa shape index (κ3) is 3.27. The quantitative estimate of drug-likeness (QED) is 0.810. The summed E-state index contributed by atoms with van der Waals surface area (Å²) >= 11 is 0. The Morgan fingerprint density at radius 1 is 1.25 bits per heavy atom. The zero-order chi connectivity index (χ0) is 17.1. The Hall–Kier alpha value is -2.76. The monoisotopic (exact) mass is 328 g/mol. The number of ether oxygens (including phenoxy) is 1. The third-order valence-electron chi connectivity index (χ3n) is 4.17. The predicted octanol–water partition coefficient (Wildman–Crippen LogP) is 2.13. The predicted molar refractivity (Wildman–Crippen MR) is 84.8 cm³/mol. The molecule has 1 aliphatic rings. The third-order valence-corrected chi connectivity index (χ3v) is 4.17. The van der Waals surface area contributed by atoms with E-state index in [1.165, 1.54) is 25.4 Å². The highest BCUT2D eigenvalue weighted by molar-refractivity contribution is 5.91. The molecule has 0 N–H and O–H groups in total. The molecule has 1 aromatic heterocycles. The molecule has 2 aromatic rings. The van der Waals surface area contributed by atoms with Crippen molar-refractivity contribution in [3.8, 4) is 0 Å². The smallest absolute Gasteiger partial charge is 0.339 e. The normalized spacial score (nSPS) is 13.3. The van der Waals surface area contributed by atoms with Gasteiger partial charge in [-0.05, 0) is 35.2 Å². The molecule has 6 heteroatoms. The molecule has 3 rings (SSSR count). The van der Waals surface area contributed by atoms with Gasteiger partial charge in [0.2, 0.25) is 5.91 Å². The number of rotatable bonds is 3. The van der Waals surface area contributed by atoms with Gasteiger partial charge in [0.1, 0.15) is 5.82 Å². The highest BCUT2D eigenvalue weighted by Gasteiger charge is 2.25. The Balaban J connectivity index is 1.74. The Kier molecular flexibility index (Phi) is 4.55. The van der Waals surface area contributed by atoms with Crippen LogP contribution in [-0.2, 0) is 28.9 Å². The van der Waals surface area contributed by atoms with E-state index in [1.54, 1.807) is 23.2 Å². The largest absolute Gasteiger partial charge is 0.465 e. The molecule has 24 heavy (non-hydrogen) atoms. The van der Waals surface area contributed by atoms with Crippen molar-refractivity contribution in [2.75, 3.05) is 13.7 Å². The van der Waals surface area contributed by atoms with Gasteiger partial charge < -0.3 is 9.64 Å². The molecule has 1 amide bonds. The van der Waals surface area contributed by atoms with Crippen LogP contribution in [0.25, 0.3) is 0 Å². The van der Waals surface area contributed by atoms with Gasteiger partial charge in [-0.1, -0.05) is 12.1 Å². The molecule has 1 aromatic carbocycles. The van der Waals surface area contributed by atoms with E-state index in [4.69, 9.17) is 4.74 Å². The van der Waals surface area contributed by atoms with E-state index in [-0.39, 0.29) is 18.1 Å². The average Bonchev–Trinajstić information content (AvgIpc) is 2.62. The van der Waals surface area contributed by atoms with Crippen LogP contribution in [0.1, 0.15) is 27.0 Å². The second-order valence-electron chi connectivity index (χ2n) is 5.68. The first-order valence-corrected chi connectivity index (χ1v) is 7.64. The van der Waals surface area contributed by atoms with Gasteiger partial charge in [0.15, 0.2) is 0 Å². The Bertz CT molecular complexity index is 774. The number of carbonyl (C=O) groups excluding carboxylic acids is 2. The first-order valence-electron chi connectivity index (χ1n) is 7.64. The summed E-state index contributed by atoms with van der Waals surface area (Å²) in [7, 11) is 1.34. The SMILES string of the molecule is COC(=O)c1cncc2c1CCN(C(=O)Cc1ccc(F)cc1)C2. The van der Waals surface area contributed by atoms with Crippen LogP contribution in [0.2, 0.25) is 0 Å². The van der Waals surface area contributed by atoms with Crippen molar-refractivity contribution in [2.24, 2.45) is 0 Å². The molecule has 0 aliphatic carbocycles. The lowest BCUT2D eigenvalue weighted by Crippen LogP contribution is -2.37. The van der Waals surface area contributed by atoms with Crippen molar-refractivity contribution in [1.29, 1.82) is 0 Å². The summed E-state index contributed by atoms with van der Waals surface area (Å²) in [6.07, 6.45) is 3.98. The van der Waals surface area contributed by atoms with Crippen LogP contribution in [0.4, 0.5) is 4.39 Å². The van der Waals surface area contributed by atoms with Crippen molar-refractivity contribution < 1.29 is 18.7 Å². The van der Waals surface area contributed by atoms with Crippen LogP contribution in [0.5, 0.6) is 0 Å². The molecule has 124 valence electrons. The Labute approximate surface area is 139 Å². The van der Waals surface area contributed by atoms with E-state index in [2.05, 4.69) is 4.98 Å². The molecule has 0 atom stereocenters. The van der Waals surface area contributed by atoms with Crippen LogP contribution in [0.3, 0.4) is 0 Å². The lowest BCUT2D eigenvalue weighted by atomic mass is 9.96. The summed E-state index contributed by atoms with van der Waals surface area (Å²) in [6, 6.07) is 5.92. The fraction of sp³-hybridized carbons (Fsp3) is 0.278. The molecule has 0 spiro atoms. The molecular formula is C18H17FN2O3. The molecule has 0 saturated carbocycles. The lowest BCUT2D eigenvalue weighted by molar-refractivity contribution is -0.131. The molecular weight excluding hydrogens is 311 g/mol. The molecule has 0 fully saturated rings. The molecule has 0 saturated heterocycles. The van der Waals surface area contributed by atoms with Crippen molar-refractivity contribution in [1.82, 2.24) is 9.88 Å². The van der Waals surface area contributed by atoms with Gasteiger partial charge in [0.05, 0.1) is 19.1 Å². The second-order valence-corrected chi connectivity index (χ2v) is 5.68. The average molecular weight is 328 g/mol. The molecule has 1 aliphatic heterocycles. The fourth-order valence-electron chi connectivity index (χ4n) is 2.88. The van der Waals surface area contributed by atoms with E-state index >= 15 is 0 Å². The minimum atomic E-state index is -0.412. The van der Waals surface area contributed by atoms with Gasteiger partial charge in [0, 0.05) is 25.5 Å². The first-order chi connectivity index (χ1) is 11.6. The maximum absolute atomic E-state index is 12.9. The number of nitrogens with zero attached hydrogens (tertiary/aromatic N) is 2. The minimum Gasteiger partial charge on any atom is -0.465 e. The van der Waals surface area contributed by atoms with E-state index in [0.29, 0.717) is 25.1 Å². The molecule has 0 radical (unpaired) electrons. The van der Waals surface area contributed by atoms with Crippen LogP contribution in [-0.4, -0.2) is 35.4 Å². The van der Waals surface area contributed by atoms with Gasteiger partial charge in [-0.15, -0.1) is 0 Å². The number of halogens is 1. The van der Waals surface area contributed by atoms with Crippen LogP contribution < -0.4 is 0 Å². The number of benzene rings is 1. The van der Waals surface area contributed by atoms with Crippen LogP contribution in [0, 0.1) is 5.82 Å². The molecule has 0 unspecified atom stereocenters. The van der Waals surface area contributed by atoms with Gasteiger partial charge in [-0.2, -0.15) is 0 Å². The van der Waals surface area contributed by atoms with E-state index in [1.807, 2.05) is 0 Å². The number of methoxy groups -OCH3 is 1. The number of aromatic nitrogens is 1. The first kappa shape index (κ1) is 16.1. The van der Waals surface area contributed by atoms with E-state index in [9.17, 15) is 14.0 Å². The van der Waals surface area contributed by atoms with Gasteiger partial charge in [-0.25, -0.2) is 9.18 Å². The minimum absolute atomic E-state index is 0.0317. The molecule has 2 heterocycles. The zero-order valence-electron chi connectivity index (χ0n) is 13.3. The van der Waals surface area contributed by atoms with Crippen molar-refractivity contribution in [3.05, 3.63) is 64.7 Å². The van der Waals surface area contributed by atoms with Crippen LogP contribution in [0.15, 0.2) is 36.7 Å². The van der Waals surface area contributed by atoms with E-state index < -0.39 is 5.97 Å². The van der Waals surface area contributed by atoms with Crippen molar-refractivity contribution in [3.63, 3.8) is 0 Å². The number of amides is 1. The summed E-state index contributed by atoms with van der Waals surface area (Å²) in [4.78, 5) is 30.1. The van der Waals surface area contributed by atoms with E-state index in [0.717, 1.165) is 16.7 Å². The fourth-order valence-corrected chi connectivity index (χ4v) is 2.88. The number of hydrogen-bond donors (Lipinski definition) is 0. The lowest BCUT2D eigenvalue weighted by Gasteiger charge is -2.29. The summed E-state index contributed by atoms with van der Waals surface area (Å²) in [5, 5.41) is 0. The summed E-state index contributed by atoms with van der Waals surface area (Å²) in [6.45, 7) is 0.939. The maximum atomic E-state index is 12.9. The number of esters is 1. The highest BCUT2D eigenvalue weighted by atomic mass is 19.1. The Morgan fingerprint density at radius 3 is 2.71 bits per heavy atom. The maximum Gasteiger partial charge on any atom is 0.339 e.